The highest BCUT2D eigenvalue weighted by molar-refractivity contribution is 9.10. The normalized spacial score (nSPS) is 10.8. The van der Waals surface area contributed by atoms with Crippen LogP contribution in [0.5, 0.6) is 11.5 Å². The molecule has 0 atom stereocenters. The monoisotopic (exact) mass is 505 g/mol. The molecule has 0 saturated carbocycles. The maximum absolute atomic E-state index is 12.2. The number of ether oxygens (including phenoxy) is 2. The molecule has 1 N–H and O–H groups in total. The molecule has 4 nitrogen and oxygen atoms in total. The number of benzene rings is 3. The molecule has 0 saturated heterocycles. The molecular formula is C23H18BrCl2NO3. The van der Waals surface area contributed by atoms with Gasteiger partial charge in [0, 0.05) is 21.8 Å². The van der Waals surface area contributed by atoms with Crippen molar-refractivity contribution in [2.75, 3.05) is 12.4 Å². The molecule has 3 aromatic carbocycles. The van der Waals surface area contributed by atoms with Gasteiger partial charge in [0.05, 0.1) is 11.6 Å². The van der Waals surface area contributed by atoms with Crippen LogP contribution in [0.4, 0.5) is 5.69 Å². The van der Waals surface area contributed by atoms with E-state index in [0.717, 1.165) is 15.6 Å². The third-order valence-electron chi connectivity index (χ3n) is 4.04. The smallest absolute Gasteiger partial charge is 0.248 e. The van der Waals surface area contributed by atoms with Crippen LogP contribution < -0.4 is 14.8 Å². The number of hydrogen-bond donors (Lipinski definition) is 1. The third kappa shape index (κ3) is 6.26. The van der Waals surface area contributed by atoms with E-state index in [9.17, 15) is 4.79 Å². The van der Waals surface area contributed by atoms with Crippen molar-refractivity contribution in [2.24, 2.45) is 0 Å². The summed E-state index contributed by atoms with van der Waals surface area (Å²) < 4.78 is 12.1. The van der Waals surface area contributed by atoms with E-state index >= 15 is 0 Å². The highest BCUT2D eigenvalue weighted by Crippen LogP contribution is 2.37. The highest BCUT2D eigenvalue weighted by Gasteiger charge is 2.11. The van der Waals surface area contributed by atoms with Gasteiger partial charge in [-0.25, -0.2) is 0 Å². The zero-order valence-corrected chi connectivity index (χ0v) is 19.1. The van der Waals surface area contributed by atoms with E-state index in [-0.39, 0.29) is 5.91 Å². The van der Waals surface area contributed by atoms with Gasteiger partial charge < -0.3 is 14.8 Å². The van der Waals surface area contributed by atoms with E-state index in [1.807, 2.05) is 36.4 Å². The van der Waals surface area contributed by atoms with E-state index < -0.39 is 0 Å². The Morgan fingerprint density at radius 3 is 2.43 bits per heavy atom. The zero-order valence-electron chi connectivity index (χ0n) is 16.0. The van der Waals surface area contributed by atoms with Gasteiger partial charge in [-0.2, -0.15) is 0 Å². The predicted octanol–water partition coefficient (Wildman–Crippen LogP) is 7.00. The van der Waals surface area contributed by atoms with Crippen LogP contribution in [0, 0.1) is 0 Å². The summed E-state index contributed by atoms with van der Waals surface area (Å²) in [5.41, 5.74) is 2.34. The molecule has 0 aliphatic heterocycles. The first-order chi connectivity index (χ1) is 14.4. The summed E-state index contributed by atoms with van der Waals surface area (Å²) >= 11 is 15.4. The lowest BCUT2D eigenvalue weighted by Gasteiger charge is -2.13. The van der Waals surface area contributed by atoms with Crippen LogP contribution in [0.1, 0.15) is 11.1 Å². The van der Waals surface area contributed by atoms with Crippen molar-refractivity contribution in [3.8, 4) is 11.5 Å². The Bertz CT molecular complexity index is 1050. The molecule has 3 rings (SSSR count). The molecule has 0 heterocycles. The zero-order chi connectivity index (χ0) is 21.5. The maximum Gasteiger partial charge on any atom is 0.248 e. The summed E-state index contributed by atoms with van der Waals surface area (Å²) in [5, 5.41) is 3.62. The Morgan fingerprint density at radius 1 is 1.07 bits per heavy atom. The van der Waals surface area contributed by atoms with Gasteiger partial charge >= 0.3 is 0 Å². The summed E-state index contributed by atoms with van der Waals surface area (Å²) in [7, 11) is 1.57. The molecular weight excluding hydrogens is 489 g/mol. The van der Waals surface area contributed by atoms with Crippen molar-refractivity contribution in [1.82, 2.24) is 0 Å². The van der Waals surface area contributed by atoms with Crippen LogP contribution in [0.2, 0.25) is 10.0 Å². The van der Waals surface area contributed by atoms with Gasteiger partial charge in [0.1, 0.15) is 6.61 Å². The third-order valence-corrected chi connectivity index (χ3v) is 5.06. The molecule has 0 aromatic heterocycles. The Labute approximate surface area is 193 Å². The van der Waals surface area contributed by atoms with Gasteiger partial charge in [-0.05, 0) is 63.5 Å². The minimum Gasteiger partial charge on any atom is -0.493 e. The molecule has 0 spiro atoms. The Balaban J connectivity index is 1.71. The second kappa shape index (κ2) is 10.5. The molecule has 0 aliphatic rings. The van der Waals surface area contributed by atoms with Crippen LogP contribution in [-0.4, -0.2) is 13.0 Å². The van der Waals surface area contributed by atoms with Crippen LogP contribution in [0.15, 0.2) is 71.2 Å². The molecule has 154 valence electrons. The summed E-state index contributed by atoms with van der Waals surface area (Å²) in [6, 6.07) is 18.3. The average molecular weight is 507 g/mol. The molecule has 30 heavy (non-hydrogen) atoms. The number of amides is 1. The molecule has 3 aromatic rings. The van der Waals surface area contributed by atoms with Crippen molar-refractivity contribution in [3.63, 3.8) is 0 Å². The number of methoxy groups -OCH3 is 1. The molecule has 0 aliphatic carbocycles. The lowest BCUT2D eigenvalue weighted by atomic mass is 10.2. The van der Waals surface area contributed by atoms with E-state index in [4.69, 9.17) is 32.7 Å². The lowest BCUT2D eigenvalue weighted by Crippen LogP contribution is -2.07. The number of rotatable bonds is 7. The fourth-order valence-corrected chi connectivity index (χ4v) is 3.79. The number of anilines is 1. The summed E-state index contributed by atoms with van der Waals surface area (Å²) in [5.74, 6) is 0.839. The van der Waals surface area contributed by atoms with Crippen molar-refractivity contribution in [3.05, 3.63) is 92.4 Å². The standard InChI is InChI=1S/C23H18BrCl2NO3/c1-29-21-10-16(7-8-22(28)27-19-12-17(25)11-18(26)13-19)9-20(24)23(21)30-14-15-5-3-2-4-6-15/h2-13H,14H2,1H3,(H,27,28). The van der Waals surface area contributed by atoms with Gasteiger partial charge in [0.2, 0.25) is 5.91 Å². The number of hydrogen-bond acceptors (Lipinski definition) is 3. The summed E-state index contributed by atoms with van der Waals surface area (Å²) in [4.78, 5) is 12.2. The van der Waals surface area contributed by atoms with E-state index in [1.165, 1.54) is 6.08 Å². The SMILES string of the molecule is COc1cc(C=CC(=O)Nc2cc(Cl)cc(Cl)c2)cc(Br)c1OCc1ccccc1. The molecule has 0 fully saturated rings. The van der Waals surface area contributed by atoms with Gasteiger partial charge in [-0.3, -0.25) is 4.79 Å². The van der Waals surface area contributed by atoms with Crippen molar-refractivity contribution in [1.29, 1.82) is 0 Å². The van der Waals surface area contributed by atoms with Crippen LogP contribution in [-0.2, 0) is 11.4 Å². The summed E-state index contributed by atoms with van der Waals surface area (Å²) in [6.07, 6.45) is 3.09. The number of carbonyl (C=O) groups is 1. The fourth-order valence-electron chi connectivity index (χ4n) is 2.69. The Hall–Kier alpha value is -2.47. The fraction of sp³-hybridized carbons (Fsp3) is 0.0870. The first kappa shape index (κ1) is 22.2. The number of nitrogens with one attached hydrogen (secondary N) is 1. The van der Waals surface area contributed by atoms with Crippen LogP contribution in [0.3, 0.4) is 0 Å². The first-order valence-corrected chi connectivity index (χ1v) is 10.5. The van der Waals surface area contributed by atoms with Gasteiger partial charge in [0.25, 0.3) is 0 Å². The van der Waals surface area contributed by atoms with Gasteiger partial charge in [-0.15, -0.1) is 0 Å². The van der Waals surface area contributed by atoms with Crippen LogP contribution >= 0.6 is 39.1 Å². The minimum atomic E-state index is -0.312. The summed E-state index contributed by atoms with van der Waals surface area (Å²) in [6.45, 7) is 0.412. The minimum absolute atomic E-state index is 0.312. The molecule has 0 unspecified atom stereocenters. The van der Waals surface area contributed by atoms with Crippen molar-refractivity contribution < 1.29 is 14.3 Å². The van der Waals surface area contributed by atoms with Crippen molar-refractivity contribution >= 4 is 56.8 Å². The number of carbonyl (C=O) groups excluding carboxylic acids is 1. The quantitative estimate of drug-likeness (QED) is 0.351. The molecule has 7 heteroatoms. The van der Waals surface area contributed by atoms with E-state index in [0.29, 0.717) is 33.8 Å². The molecule has 0 bridgehead atoms. The Morgan fingerprint density at radius 2 is 1.77 bits per heavy atom. The second-order valence-electron chi connectivity index (χ2n) is 6.29. The van der Waals surface area contributed by atoms with Crippen molar-refractivity contribution in [2.45, 2.75) is 6.61 Å². The molecule has 1 amide bonds. The first-order valence-electron chi connectivity index (χ1n) is 8.94. The lowest BCUT2D eigenvalue weighted by molar-refractivity contribution is -0.111. The van der Waals surface area contributed by atoms with E-state index in [1.54, 1.807) is 37.5 Å². The highest BCUT2D eigenvalue weighted by atomic mass is 79.9. The van der Waals surface area contributed by atoms with Crippen LogP contribution in [0.25, 0.3) is 6.08 Å². The predicted molar refractivity (Wildman–Crippen MR) is 126 cm³/mol. The van der Waals surface area contributed by atoms with E-state index in [2.05, 4.69) is 21.2 Å². The Kier molecular flexibility index (Phi) is 7.80. The van der Waals surface area contributed by atoms with Gasteiger partial charge in [-0.1, -0.05) is 53.5 Å². The average Bonchev–Trinajstić information content (AvgIpc) is 2.71. The molecule has 0 radical (unpaired) electrons. The largest absolute Gasteiger partial charge is 0.493 e. The topological polar surface area (TPSA) is 47.6 Å². The number of halogens is 3. The van der Waals surface area contributed by atoms with Gasteiger partial charge in [0.15, 0.2) is 11.5 Å². The second-order valence-corrected chi connectivity index (χ2v) is 8.02. The maximum atomic E-state index is 12.2.